The number of para-hydroxylation sites is 1. The normalized spacial score (nSPS) is 20.8. The molecule has 1 heterocycles. The highest BCUT2D eigenvalue weighted by Gasteiger charge is 2.70. The van der Waals surface area contributed by atoms with Crippen molar-refractivity contribution in [3.05, 3.63) is 72.8 Å². The smallest absolute Gasteiger partial charge is 0.259 e. The van der Waals surface area contributed by atoms with Crippen molar-refractivity contribution < 1.29 is 22.7 Å². The van der Waals surface area contributed by atoms with Gasteiger partial charge in [-0.2, -0.15) is 0 Å². The zero-order chi connectivity index (χ0) is 26.8. The summed E-state index contributed by atoms with van der Waals surface area (Å²) >= 11 is 0. The zero-order valence-corrected chi connectivity index (χ0v) is 23.6. The maximum absolute atomic E-state index is 14.1. The van der Waals surface area contributed by atoms with Gasteiger partial charge in [-0.05, 0) is 35.7 Å². The van der Waals surface area contributed by atoms with Crippen LogP contribution < -0.4 is 10.1 Å². The maximum atomic E-state index is 14.1. The molecule has 1 saturated heterocycles. The molecular formula is C27H36N2O5SSi. The van der Waals surface area contributed by atoms with E-state index >= 15 is 0 Å². The summed E-state index contributed by atoms with van der Waals surface area (Å²) in [6.07, 6.45) is 3.85. The van der Waals surface area contributed by atoms with E-state index in [1.807, 2.05) is 46.9 Å². The minimum Gasteiger partial charge on any atom is -0.484 e. The molecular weight excluding hydrogens is 492 g/mol. The number of carbonyl (C=O) groups is 2. The van der Waals surface area contributed by atoms with Gasteiger partial charge in [0.05, 0.1) is 4.90 Å². The first kappa shape index (κ1) is 27.7. The number of benzene rings is 2. The van der Waals surface area contributed by atoms with Crippen LogP contribution in [-0.4, -0.2) is 50.6 Å². The number of nitrogens with zero attached hydrogens (tertiary/aromatic N) is 1. The fraction of sp³-hybridized carbons (Fsp3) is 0.407. The molecule has 0 bridgehead atoms. The Morgan fingerprint density at radius 3 is 2.17 bits per heavy atom. The minimum absolute atomic E-state index is 0.107. The molecule has 0 aliphatic carbocycles. The van der Waals surface area contributed by atoms with Gasteiger partial charge in [0.25, 0.3) is 5.91 Å². The quantitative estimate of drug-likeness (QED) is 0.293. The first-order valence-electron chi connectivity index (χ1n) is 12.1. The van der Waals surface area contributed by atoms with Crippen molar-refractivity contribution in [2.45, 2.75) is 68.1 Å². The molecule has 2 aromatic rings. The lowest BCUT2D eigenvalue weighted by molar-refractivity contribution is -0.149. The molecule has 1 aliphatic heterocycles. The molecule has 194 valence electrons. The second-order valence-electron chi connectivity index (χ2n) is 10.5. The Morgan fingerprint density at radius 2 is 1.64 bits per heavy atom. The Balaban J connectivity index is 2.08. The van der Waals surface area contributed by atoms with Crippen molar-refractivity contribution in [2.75, 3.05) is 6.61 Å². The van der Waals surface area contributed by atoms with Crippen LogP contribution in [0.25, 0.3) is 0 Å². The lowest BCUT2D eigenvalue weighted by atomic mass is 9.89. The van der Waals surface area contributed by atoms with Crippen LogP contribution in [0, 0.1) is 0 Å². The van der Waals surface area contributed by atoms with Crippen LogP contribution in [0.15, 0.2) is 77.7 Å². The molecule has 2 amide bonds. The number of amides is 2. The summed E-state index contributed by atoms with van der Waals surface area (Å²) in [6.45, 7) is 11.6. The van der Waals surface area contributed by atoms with E-state index in [9.17, 15) is 18.0 Å². The summed E-state index contributed by atoms with van der Waals surface area (Å²) in [5, 5.41) is 1.18. The molecule has 1 N–H and O–H groups in total. The first-order chi connectivity index (χ1) is 16.8. The van der Waals surface area contributed by atoms with E-state index in [4.69, 9.17) is 4.74 Å². The Morgan fingerprint density at radius 1 is 1.08 bits per heavy atom. The summed E-state index contributed by atoms with van der Waals surface area (Å²) < 4.78 is 35.3. The number of hydrogen-bond donors (Lipinski definition) is 1. The fourth-order valence-electron chi connectivity index (χ4n) is 4.13. The fourth-order valence-corrected chi connectivity index (χ4v) is 9.43. The molecule has 2 atom stereocenters. The molecule has 9 heteroatoms. The van der Waals surface area contributed by atoms with E-state index in [0.717, 1.165) is 0 Å². The van der Waals surface area contributed by atoms with E-state index in [-0.39, 0.29) is 16.5 Å². The molecule has 0 radical (unpaired) electrons. The Bertz CT molecular complexity index is 1220. The van der Waals surface area contributed by atoms with Gasteiger partial charge < -0.3 is 14.6 Å². The summed E-state index contributed by atoms with van der Waals surface area (Å²) in [5.41, 5.74) is -1.72. The Hall–Kier alpha value is -2.91. The third-order valence-corrected chi connectivity index (χ3v) is 14.7. The summed E-state index contributed by atoms with van der Waals surface area (Å²) in [7, 11) is -6.70. The third kappa shape index (κ3) is 4.99. The first-order valence-corrected chi connectivity index (χ1v) is 16.6. The molecule has 0 aromatic heterocycles. The highest BCUT2D eigenvalue weighted by atomic mass is 32.2. The van der Waals surface area contributed by atoms with E-state index in [1.54, 1.807) is 59.2 Å². The number of ether oxygens (including phenoxy) is 1. The molecule has 1 aliphatic rings. The Labute approximate surface area is 215 Å². The zero-order valence-electron chi connectivity index (χ0n) is 21.8. The SMILES string of the molecule is CCC=C[C@@]1(NC(=O)COc2ccccc2)C(=O)N([Si](C)(C)C(C)(C)C)[C@H]1S(=O)(=O)c1ccccc1. The van der Waals surface area contributed by atoms with Crippen LogP contribution in [0.4, 0.5) is 0 Å². The van der Waals surface area contributed by atoms with Crippen LogP contribution in [0.1, 0.15) is 34.1 Å². The summed E-state index contributed by atoms with van der Waals surface area (Å²) in [6, 6.07) is 16.9. The van der Waals surface area contributed by atoms with Gasteiger partial charge in [0, 0.05) is 0 Å². The molecule has 2 aromatic carbocycles. The molecule has 0 unspecified atom stereocenters. The van der Waals surface area contributed by atoms with E-state index in [1.165, 1.54) is 12.1 Å². The monoisotopic (exact) mass is 528 g/mol. The van der Waals surface area contributed by atoms with E-state index in [2.05, 4.69) is 5.32 Å². The van der Waals surface area contributed by atoms with Gasteiger partial charge in [-0.1, -0.05) is 89.3 Å². The lowest BCUT2D eigenvalue weighted by Gasteiger charge is -2.61. The van der Waals surface area contributed by atoms with Gasteiger partial charge in [0.15, 0.2) is 25.8 Å². The number of hydrogen-bond acceptors (Lipinski definition) is 5. The molecule has 0 spiro atoms. The average Bonchev–Trinajstić information content (AvgIpc) is 2.83. The highest BCUT2D eigenvalue weighted by Crippen LogP contribution is 2.49. The van der Waals surface area contributed by atoms with Crippen molar-refractivity contribution in [3.8, 4) is 5.75 Å². The van der Waals surface area contributed by atoms with Crippen LogP contribution in [-0.2, 0) is 19.4 Å². The third-order valence-electron chi connectivity index (χ3n) is 7.08. The number of allylic oxidation sites excluding steroid dienone is 1. The van der Waals surface area contributed by atoms with Gasteiger partial charge >= 0.3 is 0 Å². The number of β-lactam (4-membered cyclic amide) rings is 1. The van der Waals surface area contributed by atoms with Crippen LogP contribution in [0.5, 0.6) is 5.75 Å². The van der Waals surface area contributed by atoms with Crippen LogP contribution in [0.2, 0.25) is 18.1 Å². The molecule has 1 fully saturated rings. The van der Waals surface area contributed by atoms with E-state index < -0.39 is 40.8 Å². The van der Waals surface area contributed by atoms with Crippen molar-refractivity contribution in [2.24, 2.45) is 0 Å². The van der Waals surface area contributed by atoms with Gasteiger partial charge in [0.1, 0.15) is 5.75 Å². The average molecular weight is 529 g/mol. The van der Waals surface area contributed by atoms with Gasteiger partial charge in [-0.15, -0.1) is 0 Å². The number of nitrogens with one attached hydrogen (secondary N) is 1. The number of carbonyl (C=O) groups excluding carboxylic acids is 2. The number of sulfone groups is 1. The predicted octanol–water partition coefficient (Wildman–Crippen LogP) is 4.53. The molecule has 36 heavy (non-hydrogen) atoms. The summed E-state index contributed by atoms with van der Waals surface area (Å²) in [4.78, 5) is 27.1. The standard InChI is InChI=1S/C27H36N2O5SSi/c1-7-8-19-27(28-23(30)20-34-21-15-11-9-12-16-21)24(31)29(36(5,6)26(2,3)4)25(27)35(32,33)22-17-13-10-14-18-22/h8-19,25H,7,20H2,1-6H3,(H,28,30)/t25-,27+/m0/s1. The number of rotatable bonds is 9. The minimum atomic E-state index is -4.05. The van der Waals surface area contributed by atoms with Crippen molar-refractivity contribution >= 4 is 29.9 Å². The molecule has 0 saturated carbocycles. The second kappa shape index (κ2) is 10.2. The van der Waals surface area contributed by atoms with Crippen LogP contribution in [0.3, 0.4) is 0 Å². The van der Waals surface area contributed by atoms with Gasteiger partial charge in [-0.3, -0.25) is 9.59 Å². The largest absolute Gasteiger partial charge is 0.484 e. The molecule has 3 rings (SSSR count). The maximum Gasteiger partial charge on any atom is 0.259 e. The van der Waals surface area contributed by atoms with Crippen molar-refractivity contribution in [1.82, 2.24) is 9.88 Å². The molecule has 7 nitrogen and oxygen atoms in total. The van der Waals surface area contributed by atoms with Gasteiger partial charge in [0.2, 0.25) is 15.7 Å². The second-order valence-corrected chi connectivity index (χ2v) is 17.6. The van der Waals surface area contributed by atoms with Crippen molar-refractivity contribution in [3.63, 3.8) is 0 Å². The predicted molar refractivity (Wildman–Crippen MR) is 144 cm³/mol. The van der Waals surface area contributed by atoms with Gasteiger partial charge in [-0.25, -0.2) is 8.42 Å². The highest BCUT2D eigenvalue weighted by molar-refractivity contribution is 7.92. The summed E-state index contributed by atoms with van der Waals surface area (Å²) in [5.74, 6) is -0.477. The van der Waals surface area contributed by atoms with Crippen molar-refractivity contribution in [1.29, 1.82) is 0 Å². The van der Waals surface area contributed by atoms with Crippen LogP contribution >= 0.6 is 0 Å². The van der Waals surface area contributed by atoms with E-state index in [0.29, 0.717) is 12.2 Å². The topological polar surface area (TPSA) is 92.8 Å². The lowest BCUT2D eigenvalue weighted by Crippen LogP contribution is -2.86. The Kier molecular flexibility index (Phi) is 7.85.